The summed E-state index contributed by atoms with van der Waals surface area (Å²) < 4.78 is 13.6. The lowest BCUT2D eigenvalue weighted by Crippen LogP contribution is -1.95. The zero-order chi connectivity index (χ0) is 14.5. The van der Waals surface area contributed by atoms with Gasteiger partial charge in [0.2, 0.25) is 0 Å². The number of carboxylic acid groups (broad SMARTS) is 1. The third-order valence-electron chi connectivity index (χ3n) is 2.75. The van der Waals surface area contributed by atoms with Gasteiger partial charge in [0.1, 0.15) is 5.82 Å². The van der Waals surface area contributed by atoms with Crippen LogP contribution in [0.2, 0.25) is 0 Å². The number of aromatic carboxylic acids is 1. The van der Waals surface area contributed by atoms with Crippen molar-refractivity contribution < 1.29 is 14.3 Å². The lowest BCUT2D eigenvalue weighted by Gasteiger charge is -2.02. The quantitative estimate of drug-likeness (QED) is 0.682. The maximum Gasteiger partial charge on any atom is 0.335 e. The van der Waals surface area contributed by atoms with Crippen molar-refractivity contribution in [2.45, 2.75) is 0 Å². The summed E-state index contributed by atoms with van der Waals surface area (Å²) in [4.78, 5) is 10.7. The van der Waals surface area contributed by atoms with Crippen LogP contribution >= 0.6 is 0 Å². The van der Waals surface area contributed by atoms with E-state index in [1.54, 1.807) is 24.3 Å². The monoisotopic (exact) mass is 267 g/mol. The van der Waals surface area contributed by atoms with E-state index in [0.29, 0.717) is 5.56 Å². The number of benzene rings is 2. The lowest BCUT2D eigenvalue weighted by molar-refractivity contribution is 0.0697. The predicted molar refractivity (Wildman–Crippen MR) is 73.3 cm³/mol. The lowest BCUT2D eigenvalue weighted by atomic mass is 10.0. The summed E-state index contributed by atoms with van der Waals surface area (Å²) in [6.07, 6.45) is 1.52. The normalized spacial score (nSPS) is 10.9. The molecule has 2 rings (SSSR count). The third kappa shape index (κ3) is 2.90. The fraction of sp³-hybridized carbons (Fsp3) is 0. The van der Waals surface area contributed by atoms with Crippen LogP contribution in [0.4, 0.5) is 4.39 Å². The van der Waals surface area contributed by atoms with Gasteiger partial charge >= 0.3 is 5.97 Å². The Morgan fingerprint density at radius 3 is 2.35 bits per heavy atom. The van der Waals surface area contributed by atoms with Crippen LogP contribution < -0.4 is 0 Å². The summed E-state index contributed by atoms with van der Waals surface area (Å²) >= 11 is 0. The van der Waals surface area contributed by atoms with E-state index in [2.05, 4.69) is 0 Å². The molecule has 1 N–H and O–H groups in total. The number of allylic oxidation sites excluding steroid dienone is 1. The second-order valence-corrected chi connectivity index (χ2v) is 4.08. The molecule has 3 nitrogen and oxygen atoms in total. The number of halogens is 1. The van der Waals surface area contributed by atoms with Gasteiger partial charge in [-0.05, 0) is 29.8 Å². The van der Waals surface area contributed by atoms with Gasteiger partial charge < -0.3 is 5.11 Å². The maximum absolute atomic E-state index is 13.6. The van der Waals surface area contributed by atoms with Crippen LogP contribution in [0.15, 0.2) is 48.5 Å². The second-order valence-electron chi connectivity index (χ2n) is 4.08. The molecule has 0 aliphatic carbocycles. The molecule has 98 valence electrons. The molecule has 0 aliphatic rings. The van der Waals surface area contributed by atoms with Gasteiger partial charge in [-0.25, -0.2) is 9.18 Å². The molecule has 0 bridgehead atoms. The van der Waals surface area contributed by atoms with Crippen LogP contribution in [-0.2, 0) is 0 Å². The Hall–Kier alpha value is -2.93. The fourth-order valence-electron chi connectivity index (χ4n) is 1.74. The Labute approximate surface area is 115 Å². The molecule has 0 heterocycles. The topological polar surface area (TPSA) is 61.1 Å². The molecule has 0 unspecified atom stereocenters. The van der Waals surface area contributed by atoms with E-state index >= 15 is 0 Å². The van der Waals surface area contributed by atoms with Crippen LogP contribution in [0, 0.1) is 17.1 Å². The second kappa shape index (κ2) is 5.81. The zero-order valence-electron chi connectivity index (χ0n) is 10.4. The van der Waals surface area contributed by atoms with Crippen molar-refractivity contribution in [2.24, 2.45) is 0 Å². The number of hydrogen-bond acceptors (Lipinski definition) is 2. The first-order valence-electron chi connectivity index (χ1n) is 5.82. The van der Waals surface area contributed by atoms with Gasteiger partial charge in [-0.1, -0.05) is 30.3 Å². The summed E-state index contributed by atoms with van der Waals surface area (Å²) in [5, 5.41) is 17.9. The fourth-order valence-corrected chi connectivity index (χ4v) is 1.74. The van der Waals surface area contributed by atoms with Gasteiger partial charge in [0.15, 0.2) is 0 Å². The average molecular weight is 267 g/mol. The van der Waals surface area contributed by atoms with Crippen molar-refractivity contribution in [1.82, 2.24) is 0 Å². The van der Waals surface area contributed by atoms with Crippen LogP contribution in [-0.4, -0.2) is 11.1 Å². The molecule has 0 spiro atoms. The number of nitrogens with zero attached hydrogens (tertiary/aromatic N) is 1. The largest absolute Gasteiger partial charge is 0.478 e. The molecule has 0 atom stereocenters. The van der Waals surface area contributed by atoms with Gasteiger partial charge in [-0.2, -0.15) is 5.26 Å². The molecule has 2 aromatic carbocycles. The highest BCUT2D eigenvalue weighted by atomic mass is 19.1. The molecule has 0 fully saturated rings. The predicted octanol–water partition coefficient (Wildman–Crippen LogP) is 3.59. The summed E-state index contributed by atoms with van der Waals surface area (Å²) in [7, 11) is 0. The number of carboxylic acids is 1. The van der Waals surface area contributed by atoms with Crippen molar-refractivity contribution in [3.8, 4) is 6.07 Å². The van der Waals surface area contributed by atoms with Crippen LogP contribution in [0.5, 0.6) is 0 Å². The maximum atomic E-state index is 13.6. The van der Waals surface area contributed by atoms with Gasteiger partial charge in [0, 0.05) is 5.56 Å². The van der Waals surface area contributed by atoms with Crippen molar-refractivity contribution in [3.63, 3.8) is 0 Å². The van der Waals surface area contributed by atoms with E-state index in [-0.39, 0.29) is 16.7 Å². The smallest absolute Gasteiger partial charge is 0.335 e. The zero-order valence-corrected chi connectivity index (χ0v) is 10.4. The first-order chi connectivity index (χ1) is 9.61. The van der Waals surface area contributed by atoms with E-state index in [1.807, 2.05) is 6.07 Å². The molecule has 0 saturated heterocycles. The minimum atomic E-state index is -1.02. The summed E-state index contributed by atoms with van der Waals surface area (Å²) in [5.41, 5.74) is 1.20. The minimum Gasteiger partial charge on any atom is -0.478 e. The average Bonchev–Trinajstić information content (AvgIpc) is 2.46. The van der Waals surface area contributed by atoms with E-state index in [9.17, 15) is 9.18 Å². The van der Waals surface area contributed by atoms with Gasteiger partial charge in [0.25, 0.3) is 0 Å². The SMILES string of the molecule is N#CC(=Cc1ccc(C(=O)O)cc1)c1ccccc1F. The summed E-state index contributed by atoms with van der Waals surface area (Å²) in [5.74, 6) is -1.49. The Balaban J connectivity index is 2.40. The molecule has 2 aromatic rings. The Morgan fingerprint density at radius 2 is 1.80 bits per heavy atom. The molecule has 0 radical (unpaired) electrons. The highest BCUT2D eigenvalue weighted by Crippen LogP contribution is 2.20. The molecule has 0 aromatic heterocycles. The van der Waals surface area contributed by atoms with E-state index in [4.69, 9.17) is 10.4 Å². The summed E-state index contributed by atoms with van der Waals surface area (Å²) in [6.45, 7) is 0. The number of rotatable bonds is 3. The van der Waals surface area contributed by atoms with Crippen molar-refractivity contribution >= 4 is 17.6 Å². The summed E-state index contributed by atoms with van der Waals surface area (Å²) in [6, 6.07) is 14.0. The molecule has 4 heteroatoms. The molecular weight excluding hydrogens is 257 g/mol. The van der Waals surface area contributed by atoms with Crippen LogP contribution in [0.1, 0.15) is 21.5 Å². The van der Waals surface area contributed by atoms with Crippen molar-refractivity contribution in [3.05, 3.63) is 71.0 Å². The molecule has 20 heavy (non-hydrogen) atoms. The van der Waals surface area contributed by atoms with Crippen molar-refractivity contribution in [1.29, 1.82) is 5.26 Å². The number of hydrogen-bond donors (Lipinski definition) is 1. The van der Waals surface area contributed by atoms with Gasteiger partial charge in [-0.3, -0.25) is 0 Å². The first-order valence-corrected chi connectivity index (χ1v) is 5.82. The molecule has 0 saturated carbocycles. The molecular formula is C16H10FNO2. The van der Waals surface area contributed by atoms with E-state index in [0.717, 1.165) is 0 Å². The molecule has 0 amide bonds. The van der Waals surface area contributed by atoms with Crippen LogP contribution in [0.3, 0.4) is 0 Å². The van der Waals surface area contributed by atoms with Gasteiger partial charge in [-0.15, -0.1) is 0 Å². The van der Waals surface area contributed by atoms with E-state index in [1.165, 1.54) is 30.3 Å². The van der Waals surface area contributed by atoms with Gasteiger partial charge in [0.05, 0.1) is 17.2 Å². The number of nitriles is 1. The highest BCUT2D eigenvalue weighted by molar-refractivity contribution is 5.91. The Morgan fingerprint density at radius 1 is 1.15 bits per heavy atom. The molecule has 0 aliphatic heterocycles. The third-order valence-corrected chi connectivity index (χ3v) is 2.75. The minimum absolute atomic E-state index is 0.159. The van der Waals surface area contributed by atoms with E-state index < -0.39 is 11.8 Å². The van der Waals surface area contributed by atoms with Crippen LogP contribution in [0.25, 0.3) is 11.6 Å². The highest BCUT2D eigenvalue weighted by Gasteiger charge is 2.07. The van der Waals surface area contributed by atoms with Crippen molar-refractivity contribution in [2.75, 3.05) is 0 Å². The first kappa shape index (κ1) is 13.5. The Bertz CT molecular complexity index is 712. The Kier molecular flexibility index (Phi) is 3.92. The standard InChI is InChI=1S/C16H10FNO2/c17-15-4-2-1-3-14(15)13(10-18)9-11-5-7-12(8-6-11)16(19)20/h1-9H,(H,19,20). The number of carbonyl (C=O) groups is 1.